The Morgan fingerprint density at radius 3 is 0.968 bits per heavy atom. The zero-order valence-electron chi connectivity index (χ0n) is 38.0. The summed E-state index contributed by atoms with van der Waals surface area (Å²) in [6.07, 6.45) is 11.0. The van der Waals surface area contributed by atoms with Gasteiger partial charge in [-0.05, 0) is 139 Å². The zero-order valence-corrected chi connectivity index (χ0v) is 38.0. The maximum atomic E-state index is 13.5. The third kappa shape index (κ3) is 10.3. The van der Waals surface area contributed by atoms with Gasteiger partial charge in [-0.2, -0.15) is 20.5 Å². The van der Waals surface area contributed by atoms with Crippen LogP contribution in [0.1, 0.15) is 83.1 Å². The molecule has 4 aromatic rings. The van der Waals surface area contributed by atoms with Gasteiger partial charge in [0.1, 0.15) is 11.5 Å². The quantitative estimate of drug-likeness (QED) is 0.180. The highest BCUT2D eigenvalue weighted by Gasteiger charge is 2.35. The summed E-state index contributed by atoms with van der Waals surface area (Å²) < 4.78 is 0. The van der Waals surface area contributed by atoms with Crippen LogP contribution in [0.2, 0.25) is 0 Å². The summed E-state index contributed by atoms with van der Waals surface area (Å²) >= 11 is 0. The van der Waals surface area contributed by atoms with Crippen molar-refractivity contribution in [1.29, 1.82) is 0 Å². The predicted octanol–water partition coefficient (Wildman–Crippen LogP) is 15.1. The normalized spacial score (nSPS) is 15.5. The van der Waals surface area contributed by atoms with Gasteiger partial charge in [-0.25, -0.2) is 0 Å². The van der Waals surface area contributed by atoms with Crippen LogP contribution < -0.4 is 0 Å². The molecular weight excluding hydrogens is 769 g/mol. The van der Waals surface area contributed by atoms with Crippen molar-refractivity contribution in [3.05, 3.63) is 155 Å². The second-order valence-electron chi connectivity index (χ2n) is 20.1. The Bertz CT molecular complexity index is 2410. The number of phenols is 2. The van der Waals surface area contributed by atoms with E-state index < -0.39 is 0 Å². The summed E-state index contributed by atoms with van der Waals surface area (Å²) in [6.45, 7) is 24.5. The molecule has 62 heavy (non-hydrogen) atoms. The number of allylic oxidation sites excluding steroid dienone is 10. The second-order valence-corrected chi connectivity index (χ2v) is 20.1. The first-order chi connectivity index (χ1) is 28.9. The number of Topliss-reactive ketones (excluding diaryl/α,β-unsaturated/α-hetero) is 2. The molecule has 0 fully saturated rings. The molecule has 0 bridgehead atoms. The molecule has 8 heteroatoms. The van der Waals surface area contributed by atoms with Gasteiger partial charge in [0.2, 0.25) is 0 Å². The summed E-state index contributed by atoms with van der Waals surface area (Å²) in [6, 6.07) is 25.8. The van der Waals surface area contributed by atoms with E-state index >= 15 is 0 Å². The van der Waals surface area contributed by atoms with E-state index in [1.54, 1.807) is 36.7 Å². The van der Waals surface area contributed by atoms with Crippen molar-refractivity contribution < 1.29 is 19.8 Å². The predicted molar refractivity (Wildman–Crippen MR) is 251 cm³/mol. The molecule has 0 saturated carbocycles. The van der Waals surface area contributed by atoms with Gasteiger partial charge in [0.25, 0.3) is 0 Å². The number of carbonyl (C=O) groups excluding carboxylic acids is 2. The molecule has 2 N–H and O–H groups in total. The van der Waals surface area contributed by atoms with Crippen LogP contribution in [0.25, 0.3) is 33.4 Å². The minimum absolute atomic E-state index is 0.0609. The molecule has 2 aliphatic carbocycles. The molecule has 2 aliphatic rings. The molecule has 0 radical (unpaired) electrons. The summed E-state index contributed by atoms with van der Waals surface area (Å²) in [7, 11) is 0. The largest absolute Gasteiger partial charge is 0.508 e. The molecule has 6 rings (SSSR count). The molecule has 8 nitrogen and oxygen atoms in total. The van der Waals surface area contributed by atoms with Gasteiger partial charge in [0.05, 0.1) is 23.8 Å². The van der Waals surface area contributed by atoms with E-state index in [1.165, 1.54) is 0 Å². The van der Waals surface area contributed by atoms with Crippen LogP contribution in [0.5, 0.6) is 11.5 Å². The van der Waals surface area contributed by atoms with Crippen LogP contribution >= 0.6 is 0 Å². The number of benzene rings is 4. The van der Waals surface area contributed by atoms with Crippen LogP contribution in [0.3, 0.4) is 0 Å². The Hall–Kier alpha value is -6.54. The highest BCUT2D eigenvalue weighted by atomic mass is 16.3. The summed E-state index contributed by atoms with van der Waals surface area (Å²) in [5, 5.41) is 38.7. The Balaban J connectivity index is 1.44. The smallest absolute Gasteiger partial charge is 0.186 e. The number of carbonyl (C=O) groups is 2. The SMILES string of the molecule is CC(C)(C)C1=CC(=C/N=N/c2ccc(-c3ccc(/N=N/C=C4C=C(C(C)(C)C)C(=O)C(C(C)(C)C)=C4)cc3-c3ccc(O)cc3)c(-c3ccc(O)cc3)c2)C=C(C(C)(C)C)C1=O. The lowest BCUT2D eigenvalue weighted by molar-refractivity contribution is -0.114. The number of phenolic OH excluding ortho intramolecular Hbond substituents is 2. The van der Waals surface area contributed by atoms with Crippen molar-refractivity contribution in [2.24, 2.45) is 42.1 Å². The molecule has 0 aliphatic heterocycles. The van der Waals surface area contributed by atoms with E-state index in [4.69, 9.17) is 0 Å². The molecule has 0 atom stereocenters. The Morgan fingerprint density at radius 1 is 0.403 bits per heavy atom. The van der Waals surface area contributed by atoms with Crippen LogP contribution in [0.15, 0.2) is 176 Å². The molecule has 0 unspecified atom stereocenters. The van der Waals surface area contributed by atoms with Crippen LogP contribution in [0.4, 0.5) is 11.4 Å². The topological polar surface area (TPSA) is 124 Å². The fraction of sp³-hybridized carbons (Fsp3) is 0.296. The fourth-order valence-corrected chi connectivity index (χ4v) is 7.42. The highest BCUT2D eigenvalue weighted by Crippen LogP contribution is 2.44. The Morgan fingerprint density at radius 2 is 0.694 bits per heavy atom. The van der Waals surface area contributed by atoms with Gasteiger partial charge in [-0.3, -0.25) is 9.59 Å². The molecular formula is C54H58N4O4. The molecule has 0 spiro atoms. The number of hydrogen-bond acceptors (Lipinski definition) is 8. The van der Waals surface area contributed by atoms with Crippen LogP contribution in [-0.4, -0.2) is 21.8 Å². The maximum Gasteiger partial charge on any atom is 0.186 e. The minimum Gasteiger partial charge on any atom is -0.508 e. The van der Waals surface area contributed by atoms with Gasteiger partial charge in [0, 0.05) is 22.3 Å². The number of rotatable bonds is 7. The van der Waals surface area contributed by atoms with E-state index in [2.05, 4.69) is 20.5 Å². The van der Waals surface area contributed by atoms with Crippen LogP contribution in [0, 0.1) is 21.7 Å². The van der Waals surface area contributed by atoms with Gasteiger partial charge < -0.3 is 10.2 Å². The van der Waals surface area contributed by atoms with E-state index in [1.807, 2.05) is 168 Å². The molecule has 0 aromatic heterocycles. The average molecular weight is 827 g/mol. The third-order valence-corrected chi connectivity index (χ3v) is 10.9. The number of nitrogens with zero attached hydrogens (tertiary/aromatic N) is 4. The molecule has 318 valence electrons. The van der Waals surface area contributed by atoms with Gasteiger partial charge >= 0.3 is 0 Å². The second kappa shape index (κ2) is 17.1. The first-order valence-electron chi connectivity index (χ1n) is 21.0. The van der Waals surface area contributed by atoms with Crippen molar-refractivity contribution in [3.63, 3.8) is 0 Å². The van der Waals surface area contributed by atoms with E-state index in [0.29, 0.717) is 11.4 Å². The standard InChI is InChI=1S/C54H58N4O4/c1-51(2,3)45-25-33(26-46(49(45)61)52(4,5)6)31-55-57-37-17-23-41(43(29-37)35-13-19-39(59)20-14-35)42-24-18-38(30-44(42)36-15-21-40(60)22-16-36)58-56-32-34-27-47(53(7,8)9)50(62)48(28-34)54(10,11)12/h13-32,59-60H,1-12H3/b57-55+,58-56+. The number of ketones is 2. The third-order valence-electron chi connectivity index (χ3n) is 10.9. The summed E-state index contributed by atoms with van der Waals surface area (Å²) in [4.78, 5) is 26.9. The van der Waals surface area contributed by atoms with Crippen molar-refractivity contribution in [2.45, 2.75) is 83.1 Å². The molecule has 0 amide bonds. The zero-order chi connectivity index (χ0) is 45.4. The number of azo groups is 2. The lowest BCUT2D eigenvalue weighted by Crippen LogP contribution is -2.27. The minimum atomic E-state index is -0.343. The van der Waals surface area contributed by atoms with Crippen molar-refractivity contribution >= 4 is 22.9 Å². The maximum absolute atomic E-state index is 13.5. The average Bonchev–Trinajstić information content (AvgIpc) is 3.18. The number of hydrogen-bond donors (Lipinski definition) is 2. The molecule has 4 aromatic carbocycles. The first-order valence-corrected chi connectivity index (χ1v) is 21.0. The highest BCUT2D eigenvalue weighted by molar-refractivity contribution is 6.12. The summed E-state index contributed by atoms with van der Waals surface area (Å²) in [5.41, 5.74) is 9.63. The summed E-state index contributed by atoms with van der Waals surface area (Å²) in [5.74, 6) is 0.425. The van der Waals surface area contributed by atoms with Crippen LogP contribution in [-0.2, 0) is 9.59 Å². The van der Waals surface area contributed by atoms with Gasteiger partial charge in [-0.15, -0.1) is 0 Å². The lowest BCUT2D eigenvalue weighted by atomic mass is 9.72. The fourth-order valence-electron chi connectivity index (χ4n) is 7.42. The number of aromatic hydroxyl groups is 2. The van der Waals surface area contributed by atoms with Gasteiger partial charge in [-0.1, -0.05) is 119 Å². The van der Waals surface area contributed by atoms with Crippen molar-refractivity contribution in [1.82, 2.24) is 0 Å². The Labute approximate surface area is 366 Å². The van der Waals surface area contributed by atoms with E-state index in [-0.39, 0.29) is 44.7 Å². The van der Waals surface area contributed by atoms with Crippen molar-refractivity contribution in [2.75, 3.05) is 0 Å². The van der Waals surface area contributed by atoms with Crippen molar-refractivity contribution in [3.8, 4) is 44.9 Å². The lowest BCUT2D eigenvalue weighted by Gasteiger charge is -2.31. The van der Waals surface area contributed by atoms with E-state index in [9.17, 15) is 19.8 Å². The van der Waals surface area contributed by atoms with E-state index in [0.717, 1.165) is 66.8 Å². The monoisotopic (exact) mass is 826 g/mol. The van der Waals surface area contributed by atoms with Gasteiger partial charge in [0.15, 0.2) is 11.6 Å². The molecule has 0 saturated heterocycles. The first kappa shape index (κ1) is 45.0. The Kier molecular flexibility index (Phi) is 12.4. The molecule has 0 heterocycles.